The number of Topliss-reactive ketones (excluding diaryl/α,β-unsaturated/α-hetero) is 2. The Morgan fingerprint density at radius 2 is 1.24 bits per heavy atom. The highest BCUT2D eigenvalue weighted by Gasteiger charge is 2.21. The molecule has 2 amide bonds. The first-order chi connectivity index (χ1) is 35.0. The number of nitro groups is 1. The maximum Gasteiger partial charge on any atom is 0.294 e. The summed E-state index contributed by atoms with van der Waals surface area (Å²) in [6.07, 6.45) is 2.79. The molecule has 3 heterocycles. The van der Waals surface area contributed by atoms with Crippen LogP contribution in [-0.4, -0.2) is 75.6 Å². The Kier molecular flexibility index (Phi) is 16.7. The molecule has 0 fully saturated rings. The van der Waals surface area contributed by atoms with E-state index >= 15 is 0 Å². The number of carbonyl (C=O) groups is 4. The molecule has 0 unspecified atom stereocenters. The average molecular weight is 1010 g/mol. The number of phenolic OH excluding ortho intramolecular Hbond substituents is 1. The number of anilines is 4. The van der Waals surface area contributed by atoms with Crippen molar-refractivity contribution < 1.29 is 33.7 Å². The molecule has 74 heavy (non-hydrogen) atoms. The van der Waals surface area contributed by atoms with Crippen molar-refractivity contribution in [3.8, 4) is 28.3 Å². The van der Waals surface area contributed by atoms with Crippen LogP contribution in [0.4, 0.5) is 28.8 Å². The summed E-state index contributed by atoms with van der Waals surface area (Å²) < 4.78 is 7.58. The molecule has 24 nitrogen and oxygen atoms in total. The second-order valence-electron chi connectivity index (χ2n) is 17.6. The standard InChI is InChI=1S/C25H25N7O6.C25H29N7O4/c1-13(2)29-24-25(35)31(12-22(34)27-10-15-4-5-19-21(6-15)38-30-23(19)26)20(11-28-24)17-7-16(14(3)33)8-18(9-17)32(36)37;1-13(2)31-24-25(36)32(20(11-30-24)17-7-16(14(3)33)8-18(26)9-17)12-22(35)29-10-15-4-5-19(23(27)28)21(34)6-15/h4-9,11,13H,10,12H2,1-3H3,(H2,26,30)(H,27,34)(H,28,29);4-9,11,13,34H,10,12,26H2,1-3H3,(H3,27,28)(H,29,35)(H,30,31). The predicted molar refractivity (Wildman–Crippen MR) is 278 cm³/mol. The van der Waals surface area contributed by atoms with Gasteiger partial charge >= 0.3 is 0 Å². The van der Waals surface area contributed by atoms with Gasteiger partial charge in [0.05, 0.1) is 39.7 Å². The van der Waals surface area contributed by atoms with Gasteiger partial charge in [0.15, 0.2) is 34.6 Å². The first-order valence-electron chi connectivity index (χ1n) is 22.8. The highest BCUT2D eigenvalue weighted by Crippen LogP contribution is 2.28. The van der Waals surface area contributed by atoms with Gasteiger partial charge in [-0.1, -0.05) is 17.3 Å². The summed E-state index contributed by atoms with van der Waals surface area (Å²) in [7, 11) is 0. The summed E-state index contributed by atoms with van der Waals surface area (Å²) in [4.78, 5) is 95.6. The summed E-state index contributed by atoms with van der Waals surface area (Å²) in [5.74, 6) is -1.62. The smallest absolute Gasteiger partial charge is 0.294 e. The minimum Gasteiger partial charge on any atom is -0.507 e. The second kappa shape index (κ2) is 23.0. The number of non-ortho nitro benzene ring substituents is 1. The number of amidine groups is 1. The Morgan fingerprint density at radius 1 is 0.743 bits per heavy atom. The molecule has 0 saturated heterocycles. The van der Waals surface area contributed by atoms with Crippen LogP contribution in [0.5, 0.6) is 5.75 Å². The van der Waals surface area contributed by atoms with E-state index in [2.05, 4.69) is 36.4 Å². The van der Waals surface area contributed by atoms with Crippen molar-refractivity contribution >= 4 is 69.0 Å². The van der Waals surface area contributed by atoms with E-state index in [0.717, 1.165) is 16.2 Å². The number of fused-ring (bicyclic) bond motifs is 1. The molecule has 3 aromatic heterocycles. The fraction of sp³-hybridized carbons (Fsp3) is 0.240. The van der Waals surface area contributed by atoms with Gasteiger partial charge < -0.3 is 48.1 Å². The molecule has 0 radical (unpaired) electrons. The summed E-state index contributed by atoms with van der Waals surface area (Å²) in [6.45, 7) is 9.53. The van der Waals surface area contributed by atoms with Crippen LogP contribution in [0.15, 0.2) is 99.3 Å². The number of nitrogens with two attached hydrogens (primary N) is 3. The maximum atomic E-state index is 13.3. The Morgan fingerprint density at radius 3 is 1.73 bits per heavy atom. The number of aromatic nitrogens is 5. The van der Waals surface area contributed by atoms with E-state index in [1.54, 1.807) is 36.4 Å². The minimum atomic E-state index is -0.633. The fourth-order valence-corrected chi connectivity index (χ4v) is 7.39. The van der Waals surface area contributed by atoms with Crippen LogP contribution in [0.25, 0.3) is 33.5 Å². The van der Waals surface area contributed by atoms with E-state index in [9.17, 15) is 44.0 Å². The third kappa shape index (κ3) is 13.2. The largest absolute Gasteiger partial charge is 0.507 e. The summed E-state index contributed by atoms with van der Waals surface area (Å²) in [5, 5.41) is 44.7. The quantitative estimate of drug-likeness (QED) is 0.0140. The van der Waals surface area contributed by atoms with Gasteiger partial charge in [-0.15, -0.1) is 0 Å². The van der Waals surface area contributed by atoms with Gasteiger partial charge in [0.25, 0.3) is 16.8 Å². The lowest BCUT2D eigenvalue weighted by molar-refractivity contribution is -0.384. The summed E-state index contributed by atoms with van der Waals surface area (Å²) in [6, 6.07) is 18.1. The number of phenols is 1. The maximum absolute atomic E-state index is 13.3. The molecule has 4 aromatic carbocycles. The molecular weight excluding hydrogens is 957 g/mol. The molecular formula is C50H54N14O10. The van der Waals surface area contributed by atoms with Crippen molar-refractivity contribution in [2.24, 2.45) is 5.73 Å². The summed E-state index contributed by atoms with van der Waals surface area (Å²) in [5.41, 5.74) is 19.6. The fourth-order valence-electron chi connectivity index (χ4n) is 7.39. The highest BCUT2D eigenvalue weighted by atomic mass is 16.6. The zero-order chi connectivity index (χ0) is 54.1. The van der Waals surface area contributed by atoms with Gasteiger partial charge in [0.1, 0.15) is 24.7 Å². The number of ketones is 2. The van der Waals surface area contributed by atoms with Crippen LogP contribution in [0.1, 0.15) is 78.9 Å². The lowest BCUT2D eigenvalue weighted by atomic mass is 10.0. The third-order valence-electron chi connectivity index (χ3n) is 10.9. The van der Waals surface area contributed by atoms with Gasteiger partial charge in [-0.2, -0.15) is 0 Å². The van der Waals surface area contributed by atoms with Crippen molar-refractivity contribution in [3.05, 3.63) is 144 Å². The molecule has 7 rings (SSSR count). The number of nitrogens with one attached hydrogen (secondary N) is 5. The van der Waals surface area contributed by atoms with Crippen molar-refractivity contribution in [1.82, 2.24) is 34.9 Å². The first kappa shape index (κ1) is 53.6. The Balaban J connectivity index is 0.000000241. The summed E-state index contributed by atoms with van der Waals surface area (Å²) >= 11 is 0. The highest BCUT2D eigenvalue weighted by molar-refractivity contribution is 5.98. The minimum absolute atomic E-state index is 0.0159. The van der Waals surface area contributed by atoms with Crippen molar-refractivity contribution in [2.45, 2.75) is 79.8 Å². The Bertz CT molecular complexity index is 3440. The Labute approximate surface area is 421 Å². The molecule has 12 N–H and O–H groups in total. The number of nitrogens with zero attached hydrogens (tertiary/aromatic N) is 6. The number of nitro benzene ring substituents is 1. The predicted octanol–water partition coefficient (Wildman–Crippen LogP) is 4.70. The normalized spacial score (nSPS) is 10.9. The van der Waals surface area contributed by atoms with Gasteiger partial charge in [0.2, 0.25) is 11.8 Å². The second-order valence-corrected chi connectivity index (χ2v) is 17.6. The molecule has 0 aliphatic carbocycles. The lowest BCUT2D eigenvalue weighted by Gasteiger charge is -2.17. The molecule has 0 atom stereocenters. The molecule has 0 aliphatic heterocycles. The number of hydrogen-bond acceptors (Lipinski definition) is 18. The van der Waals surface area contributed by atoms with Crippen LogP contribution in [0, 0.1) is 15.5 Å². The van der Waals surface area contributed by atoms with E-state index in [-0.39, 0.29) is 94.6 Å². The molecule has 7 aromatic rings. The number of carbonyl (C=O) groups excluding carboxylic acids is 4. The average Bonchev–Trinajstić information content (AvgIpc) is 3.71. The van der Waals surface area contributed by atoms with Gasteiger partial charge in [0, 0.05) is 65.2 Å². The van der Waals surface area contributed by atoms with Crippen molar-refractivity contribution in [2.75, 3.05) is 22.1 Å². The third-order valence-corrected chi connectivity index (χ3v) is 10.9. The van der Waals surface area contributed by atoms with Crippen LogP contribution < -0.4 is 49.6 Å². The van der Waals surface area contributed by atoms with Crippen molar-refractivity contribution in [1.29, 1.82) is 5.41 Å². The number of benzene rings is 4. The van der Waals surface area contributed by atoms with Crippen LogP contribution in [-0.2, 0) is 35.8 Å². The molecule has 0 bridgehead atoms. The number of hydrogen-bond donors (Lipinski definition) is 9. The zero-order valence-electron chi connectivity index (χ0n) is 41.1. The number of rotatable bonds is 18. The number of nitrogen functional groups attached to an aromatic ring is 3. The number of amides is 2. The topological polar surface area (TPSA) is 377 Å². The van der Waals surface area contributed by atoms with E-state index < -0.39 is 40.2 Å². The van der Waals surface area contributed by atoms with Gasteiger partial charge in [-0.05, 0) is 101 Å². The number of aromatic hydroxyl groups is 1. The van der Waals surface area contributed by atoms with Gasteiger partial charge in [-0.25, -0.2) is 9.97 Å². The van der Waals surface area contributed by atoms with E-state index in [1.165, 1.54) is 61.1 Å². The molecule has 0 spiro atoms. The van der Waals surface area contributed by atoms with Gasteiger partial charge in [-0.3, -0.25) is 53.4 Å². The first-order valence-corrected chi connectivity index (χ1v) is 22.8. The van der Waals surface area contributed by atoms with Crippen LogP contribution >= 0.6 is 0 Å². The molecule has 24 heteroatoms. The van der Waals surface area contributed by atoms with Crippen LogP contribution in [0.2, 0.25) is 0 Å². The molecule has 0 saturated carbocycles. The monoisotopic (exact) mass is 1010 g/mol. The van der Waals surface area contributed by atoms with E-state index in [4.69, 9.17) is 27.1 Å². The molecule has 0 aliphatic rings. The lowest BCUT2D eigenvalue weighted by Crippen LogP contribution is -2.35. The van der Waals surface area contributed by atoms with Crippen LogP contribution in [0.3, 0.4) is 0 Å². The Hall–Kier alpha value is -9.74. The van der Waals surface area contributed by atoms with E-state index in [0.29, 0.717) is 39.0 Å². The molecule has 384 valence electrons. The zero-order valence-corrected chi connectivity index (χ0v) is 41.1. The SMILES string of the molecule is CC(=O)c1cc(-c2cnc(NC(C)C)c(=O)n2CC(=O)NCc2ccc3c(N)noc3c2)cc([N+](=O)[O-])c1.CC(=O)c1cc(N)cc(-c2cnc(NC(C)C)c(=O)n2CC(=O)NCc2ccc(C(=N)N)c(O)c2)c1. The van der Waals surface area contributed by atoms with Crippen molar-refractivity contribution in [3.63, 3.8) is 0 Å². The van der Waals surface area contributed by atoms with E-state index in [1.807, 2.05) is 27.7 Å².